The zero-order valence-electron chi connectivity index (χ0n) is 35.6. The number of unbranched alkanes of at least 4 members (excludes halogenated alkanes) is 12. The predicted molar refractivity (Wildman–Crippen MR) is 221 cm³/mol. The monoisotopic (exact) mass is 799 g/mol. The maximum absolute atomic E-state index is 14.1. The van der Waals surface area contributed by atoms with Crippen LogP contribution in [0, 0.1) is 5.92 Å². The van der Waals surface area contributed by atoms with Crippen molar-refractivity contribution in [3.05, 3.63) is 35.9 Å². The average Bonchev–Trinajstić information content (AvgIpc) is 3.82. The molecular weight excluding hydrogens is 725 g/mol. The summed E-state index contributed by atoms with van der Waals surface area (Å²) in [6, 6.07) is 7.98. The van der Waals surface area contributed by atoms with E-state index in [4.69, 9.17) is 18.9 Å². The summed E-state index contributed by atoms with van der Waals surface area (Å²) in [7, 11) is 0. The molecule has 1 saturated carbocycles. The second kappa shape index (κ2) is 28.0. The lowest BCUT2D eigenvalue weighted by molar-refractivity contribution is -0.171. The van der Waals surface area contributed by atoms with E-state index in [1.807, 2.05) is 30.3 Å². The van der Waals surface area contributed by atoms with Gasteiger partial charge < -0.3 is 29.2 Å². The van der Waals surface area contributed by atoms with Gasteiger partial charge in [-0.05, 0) is 70.4 Å². The van der Waals surface area contributed by atoms with Gasteiger partial charge >= 0.3 is 23.9 Å². The molecule has 5 atom stereocenters. The number of nitrogens with zero attached hydrogens (tertiary/aromatic N) is 1. The second-order valence-electron chi connectivity index (χ2n) is 16.1. The molecule has 0 spiro atoms. The fraction of sp³-hybridized carbons (Fsp3) is 0.761. The minimum absolute atomic E-state index is 0.0750. The molecule has 322 valence electrons. The Morgan fingerprint density at radius 3 is 1.86 bits per heavy atom. The van der Waals surface area contributed by atoms with Crippen molar-refractivity contribution < 1.29 is 42.9 Å². The molecule has 1 saturated heterocycles. The summed E-state index contributed by atoms with van der Waals surface area (Å²) in [5.74, 6) is -2.11. The van der Waals surface area contributed by atoms with Gasteiger partial charge in [-0.25, -0.2) is 4.79 Å². The lowest BCUT2D eigenvalue weighted by Gasteiger charge is -2.32. The lowest BCUT2D eigenvalue weighted by atomic mass is 9.95. The number of amides is 1. The van der Waals surface area contributed by atoms with Crippen LogP contribution in [0.15, 0.2) is 30.3 Å². The zero-order chi connectivity index (χ0) is 41.3. The van der Waals surface area contributed by atoms with Crippen LogP contribution in [0.2, 0.25) is 0 Å². The van der Waals surface area contributed by atoms with Gasteiger partial charge in [-0.2, -0.15) is 0 Å². The Bertz CT molecular complexity index is 1290. The van der Waals surface area contributed by atoms with E-state index in [1.54, 1.807) is 18.7 Å². The van der Waals surface area contributed by atoms with E-state index in [0.717, 1.165) is 76.2 Å². The molecule has 1 aliphatic heterocycles. The number of benzene rings is 1. The van der Waals surface area contributed by atoms with Gasteiger partial charge in [-0.1, -0.05) is 128 Å². The summed E-state index contributed by atoms with van der Waals surface area (Å²) in [4.78, 5) is 68.0. The Labute approximate surface area is 343 Å². The Morgan fingerprint density at radius 2 is 1.30 bits per heavy atom. The SMILES string of the molecule is CCCCCCCCCC(=O)OCC(COC(=O)CCCCCCCCC)OC(=O)[C@@H]1C[C@@H]2CCC[C@@H]2N1C(=O)[C@H](C)NCCC(C(=O)OCC)c1ccccc1. The number of fused-ring (bicyclic) bond motifs is 1. The molecule has 1 heterocycles. The number of esters is 4. The molecule has 1 unspecified atom stereocenters. The van der Waals surface area contributed by atoms with Gasteiger partial charge in [0.15, 0.2) is 6.10 Å². The van der Waals surface area contributed by atoms with E-state index in [1.165, 1.54) is 38.5 Å². The van der Waals surface area contributed by atoms with Gasteiger partial charge in [0.25, 0.3) is 0 Å². The van der Waals surface area contributed by atoms with Crippen LogP contribution in [-0.2, 0) is 42.9 Å². The fourth-order valence-corrected chi connectivity index (χ4v) is 8.25. The molecule has 0 bridgehead atoms. The van der Waals surface area contributed by atoms with E-state index in [9.17, 15) is 24.0 Å². The minimum Gasteiger partial charge on any atom is -0.466 e. The molecule has 1 N–H and O–H groups in total. The molecule has 2 aliphatic rings. The average molecular weight is 799 g/mol. The highest BCUT2D eigenvalue weighted by atomic mass is 16.6. The maximum atomic E-state index is 14.1. The smallest absolute Gasteiger partial charge is 0.329 e. The van der Waals surface area contributed by atoms with Gasteiger partial charge in [-0.15, -0.1) is 0 Å². The highest BCUT2D eigenvalue weighted by Crippen LogP contribution is 2.42. The van der Waals surface area contributed by atoms with Crippen molar-refractivity contribution in [2.75, 3.05) is 26.4 Å². The lowest BCUT2D eigenvalue weighted by Crippen LogP contribution is -2.53. The molecule has 57 heavy (non-hydrogen) atoms. The highest BCUT2D eigenvalue weighted by molar-refractivity contribution is 5.88. The number of ether oxygens (including phenoxy) is 4. The van der Waals surface area contributed by atoms with Crippen LogP contribution in [0.4, 0.5) is 0 Å². The molecule has 1 aromatic carbocycles. The van der Waals surface area contributed by atoms with Crippen LogP contribution in [0.5, 0.6) is 0 Å². The van der Waals surface area contributed by atoms with Crippen molar-refractivity contribution in [3.8, 4) is 0 Å². The van der Waals surface area contributed by atoms with Crippen molar-refractivity contribution in [2.24, 2.45) is 5.92 Å². The van der Waals surface area contributed by atoms with Crippen molar-refractivity contribution in [1.29, 1.82) is 0 Å². The number of nitrogens with one attached hydrogen (secondary N) is 1. The topological polar surface area (TPSA) is 138 Å². The molecule has 11 heteroatoms. The molecule has 2 fully saturated rings. The third-order valence-electron chi connectivity index (χ3n) is 11.5. The summed E-state index contributed by atoms with van der Waals surface area (Å²) in [6.07, 6.45) is 18.3. The van der Waals surface area contributed by atoms with Crippen LogP contribution >= 0.6 is 0 Å². The number of rotatable bonds is 30. The van der Waals surface area contributed by atoms with Crippen molar-refractivity contribution in [3.63, 3.8) is 0 Å². The van der Waals surface area contributed by atoms with Crippen LogP contribution in [0.1, 0.15) is 174 Å². The zero-order valence-corrected chi connectivity index (χ0v) is 35.6. The first-order valence-electron chi connectivity index (χ1n) is 22.5. The minimum atomic E-state index is -0.987. The van der Waals surface area contributed by atoms with E-state index < -0.39 is 30.1 Å². The number of hydrogen-bond acceptors (Lipinski definition) is 10. The van der Waals surface area contributed by atoms with Gasteiger partial charge in [0.2, 0.25) is 5.91 Å². The molecule has 1 aliphatic carbocycles. The van der Waals surface area contributed by atoms with Crippen LogP contribution in [0.3, 0.4) is 0 Å². The third-order valence-corrected chi connectivity index (χ3v) is 11.5. The van der Waals surface area contributed by atoms with Gasteiger partial charge in [0.1, 0.15) is 19.3 Å². The molecule has 0 radical (unpaired) electrons. The first kappa shape index (κ1) is 47.9. The molecule has 3 rings (SSSR count). The van der Waals surface area contributed by atoms with E-state index in [0.29, 0.717) is 19.4 Å². The fourth-order valence-electron chi connectivity index (χ4n) is 8.25. The Morgan fingerprint density at radius 1 is 0.737 bits per heavy atom. The quantitative estimate of drug-likeness (QED) is 0.0457. The standard InChI is InChI=1S/C46H74N2O9/c1-5-8-10-12-14-16-21-28-42(49)55-33-38(34-56-43(50)29-22-17-15-13-11-9-6-2)57-46(53)41-32-37-26-23-27-40(37)48(41)44(51)35(4)47-31-30-39(45(52)54-7-3)36-24-19-18-20-25-36/h18-20,24-25,35,37-41,47H,5-17,21-23,26-34H2,1-4H3/t35-,37-,39?,40-,41-/m0/s1. The van der Waals surface area contributed by atoms with E-state index >= 15 is 0 Å². The Kier molecular flexibility index (Phi) is 23.6. The number of carbonyl (C=O) groups excluding carboxylic acids is 5. The third kappa shape index (κ3) is 17.5. The normalized spacial score (nSPS) is 18.5. The summed E-state index contributed by atoms with van der Waals surface area (Å²) in [5, 5.41) is 3.30. The molecule has 1 aromatic rings. The number of hydrogen-bond donors (Lipinski definition) is 1. The summed E-state index contributed by atoms with van der Waals surface area (Å²) >= 11 is 0. The Balaban J connectivity index is 1.60. The first-order chi connectivity index (χ1) is 27.7. The van der Waals surface area contributed by atoms with Crippen LogP contribution < -0.4 is 5.32 Å². The first-order valence-corrected chi connectivity index (χ1v) is 22.5. The highest BCUT2D eigenvalue weighted by Gasteiger charge is 2.50. The van der Waals surface area contributed by atoms with E-state index in [2.05, 4.69) is 19.2 Å². The molecule has 1 amide bonds. The molecular formula is C46H74N2O9. The van der Waals surface area contributed by atoms with Crippen LogP contribution in [-0.4, -0.2) is 85.3 Å². The van der Waals surface area contributed by atoms with E-state index in [-0.39, 0.29) is 68.4 Å². The summed E-state index contributed by atoms with van der Waals surface area (Å²) in [5.41, 5.74) is 0.856. The van der Waals surface area contributed by atoms with Crippen molar-refractivity contribution >= 4 is 29.8 Å². The van der Waals surface area contributed by atoms with Crippen molar-refractivity contribution in [1.82, 2.24) is 10.2 Å². The summed E-state index contributed by atoms with van der Waals surface area (Å²) < 4.78 is 22.5. The molecule has 0 aromatic heterocycles. The number of carbonyl (C=O) groups is 5. The predicted octanol–water partition coefficient (Wildman–Crippen LogP) is 8.75. The largest absolute Gasteiger partial charge is 0.466 e. The van der Waals surface area contributed by atoms with Gasteiger partial charge in [0, 0.05) is 18.9 Å². The maximum Gasteiger partial charge on any atom is 0.329 e. The Hall–Kier alpha value is -3.47. The molecule has 11 nitrogen and oxygen atoms in total. The van der Waals surface area contributed by atoms with Gasteiger partial charge in [0.05, 0.1) is 18.6 Å². The summed E-state index contributed by atoms with van der Waals surface area (Å²) in [6.45, 7) is 8.16. The van der Waals surface area contributed by atoms with Crippen molar-refractivity contribution in [2.45, 2.75) is 193 Å². The van der Waals surface area contributed by atoms with Gasteiger partial charge in [-0.3, -0.25) is 19.2 Å². The number of likely N-dealkylation sites (tertiary alicyclic amines) is 1. The van der Waals surface area contributed by atoms with Crippen LogP contribution in [0.25, 0.3) is 0 Å². The second-order valence-corrected chi connectivity index (χ2v) is 16.1.